The Morgan fingerprint density at radius 1 is 1.18 bits per heavy atom. The Labute approximate surface area is 132 Å². The number of rotatable bonds is 5. The molecular weight excluding hydrogens is 274 g/mol. The lowest BCUT2D eigenvalue weighted by atomic mass is 10.1. The molecule has 5 nitrogen and oxygen atoms in total. The molecule has 0 aliphatic heterocycles. The van der Waals surface area contributed by atoms with Gasteiger partial charge in [-0.25, -0.2) is 0 Å². The van der Waals surface area contributed by atoms with Crippen LogP contribution in [-0.4, -0.2) is 29.3 Å². The molecule has 0 aliphatic rings. The summed E-state index contributed by atoms with van der Waals surface area (Å²) in [7, 11) is 3.78. The van der Waals surface area contributed by atoms with Crippen LogP contribution >= 0.6 is 0 Å². The Bertz CT molecular complexity index is 628. The number of aryl methyl sites for hydroxylation is 2. The van der Waals surface area contributed by atoms with E-state index in [1.165, 1.54) is 16.8 Å². The number of aromatic nitrogens is 2. The van der Waals surface area contributed by atoms with Crippen LogP contribution in [0.3, 0.4) is 0 Å². The van der Waals surface area contributed by atoms with E-state index in [1.807, 2.05) is 29.9 Å². The highest BCUT2D eigenvalue weighted by Gasteiger charge is 2.08. The summed E-state index contributed by atoms with van der Waals surface area (Å²) >= 11 is 0. The van der Waals surface area contributed by atoms with Gasteiger partial charge in [0.15, 0.2) is 5.96 Å². The van der Waals surface area contributed by atoms with E-state index in [2.05, 4.69) is 46.7 Å². The molecule has 0 radical (unpaired) electrons. The lowest BCUT2D eigenvalue weighted by Crippen LogP contribution is -2.37. The number of aliphatic imine (C=N–C) groups is 1. The highest BCUT2D eigenvalue weighted by Crippen LogP contribution is 2.11. The molecule has 0 aliphatic carbocycles. The lowest BCUT2D eigenvalue weighted by molar-refractivity contribution is 0.729. The Morgan fingerprint density at radius 2 is 1.91 bits per heavy atom. The summed E-state index contributed by atoms with van der Waals surface area (Å²) in [5.74, 6) is 0.822. The number of benzene rings is 1. The van der Waals surface area contributed by atoms with Gasteiger partial charge in [0.25, 0.3) is 0 Å². The van der Waals surface area contributed by atoms with E-state index < -0.39 is 0 Å². The van der Waals surface area contributed by atoms with Gasteiger partial charge in [0.05, 0.1) is 5.69 Å². The molecule has 0 spiro atoms. The molecular formula is C17H25N5. The van der Waals surface area contributed by atoms with E-state index in [0.717, 1.165) is 31.2 Å². The quantitative estimate of drug-likeness (QED) is 0.655. The molecule has 0 bridgehead atoms. The highest BCUT2D eigenvalue weighted by atomic mass is 15.3. The van der Waals surface area contributed by atoms with Crippen LogP contribution in [0.15, 0.2) is 35.3 Å². The second kappa shape index (κ2) is 7.64. The standard InChI is InChI=1S/C17H25N5/c1-13-16(14(2)22(4)21-13)10-11-19-17(18-3)20-12-15-8-6-5-7-9-15/h5-9H,10-12H2,1-4H3,(H2,18,19,20). The van der Waals surface area contributed by atoms with Gasteiger partial charge in [0.2, 0.25) is 0 Å². The van der Waals surface area contributed by atoms with Gasteiger partial charge in [-0.2, -0.15) is 5.10 Å². The van der Waals surface area contributed by atoms with Gasteiger partial charge in [0.1, 0.15) is 0 Å². The van der Waals surface area contributed by atoms with Crippen molar-refractivity contribution in [3.63, 3.8) is 0 Å². The Kier molecular flexibility index (Phi) is 5.58. The maximum absolute atomic E-state index is 4.45. The first-order valence-corrected chi connectivity index (χ1v) is 7.59. The number of guanidine groups is 1. The third kappa shape index (κ3) is 4.10. The van der Waals surface area contributed by atoms with Crippen LogP contribution in [0.4, 0.5) is 0 Å². The number of nitrogens with one attached hydrogen (secondary N) is 2. The first kappa shape index (κ1) is 16.1. The molecule has 0 amide bonds. The van der Waals surface area contributed by atoms with Crippen LogP contribution in [0.1, 0.15) is 22.5 Å². The fourth-order valence-electron chi connectivity index (χ4n) is 2.49. The maximum atomic E-state index is 4.45. The number of nitrogens with zero attached hydrogens (tertiary/aromatic N) is 3. The van der Waals surface area contributed by atoms with Crippen LogP contribution in [0.25, 0.3) is 0 Å². The summed E-state index contributed by atoms with van der Waals surface area (Å²) in [6.45, 7) is 5.77. The normalized spacial score (nSPS) is 11.5. The summed E-state index contributed by atoms with van der Waals surface area (Å²) in [5, 5.41) is 11.1. The summed E-state index contributed by atoms with van der Waals surface area (Å²) < 4.78 is 1.94. The zero-order valence-electron chi connectivity index (χ0n) is 13.8. The van der Waals surface area contributed by atoms with Crippen molar-refractivity contribution in [1.29, 1.82) is 0 Å². The molecule has 0 atom stereocenters. The van der Waals surface area contributed by atoms with Gasteiger partial charge in [-0.3, -0.25) is 9.67 Å². The smallest absolute Gasteiger partial charge is 0.191 e. The van der Waals surface area contributed by atoms with Crippen molar-refractivity contribution >= 4 is 5.96 Å². The van der Waals surface area contributed by atoms with Crippen molar-refractivity contribution in [2.45, 2.75) is 26.8 Å². The van der Waals surface area contributed by atoms with Crippen molar-refractivity contribution in [2.24, 2.45) is 12.0 Å². The van der Waals surface area contributed by atoms with E-state index in [-0.39, 0.29) is 0 Å². The van der Waals surface area contributed by atoms with E-state index in [1.54, 1.807) is 7.05 Å². The van der Waals surface area contributed by atoms with E-state index >= 15 is 0 Å². The minimum Gasteiger partial charge on any atom is -0.356 e. The monoisotopic (exact) mass is 299 g/mol. The van der Waals surface area contributed by atoms with E-state index in [0.29, 0.717) is 0 Å². The molecule has 2 aromatic rings. The van der Waals surface area contributed by atoms with Crippen LogP contribution in [0.2, 0.25) is 0 Å². The van der Waals surface area contributed by atoms with Crippen molar-refractivity contribution in [3.05, 3.63) is 52.8 Å². The Balaban J connectivity index is 1.82. The SMILES string of the molecule is CN=C(NCCc1c(C)nn(C)c1C)NCc1ccccc1. The van der Waals surface area contributed by atoms with E-state index in [4.69, 9.17) is 0 Å². The zero-order valence-corrected chi connectivity index (χ0v) is 13.8. The molecule has 22 heavy (non-hydrogen) atoms. The summed E-state index contributed by atoms with van der Waals surface area (Å²) in [4.78, 5) is 4.26. The predicted molar refractivity (Wildman–Crippen MR) is 91.0 cm³/mol. The second-order valence-electron chi connectivity index (χ2n) is 5.36. The topological polar surface area (TPSA) is 54.2 Å². The number of hydrogen-bond donors (Lipinski definition) is 2. The molecule has 118 valence electrons. The summed E-state index contributed by atoms with van der Waals surface area (Å²) in [6.07, 6.45) is 0.942. The molecule has 0 fully saturated rings. The average molecular weight is 299 g/mol. The third-order valence-electron chi connectivity index (χ3n) is 3.85. The second-order valence-corrected chi connectivity index (χ2v) is 5.36. The van der Waals surface area contributed by atoms with Crippen molar-refractivity contribution in [2.75, 3.05) is 13.6 Å². The third-order valence-corrected chi connectivity index (χ3v) is 3.85. The van der Waals surface area contributed by atoms with Crippen molar-refractivity contribution < 1.29 is 0 Å². The lowest BCUT2D eigenvalue weighted by Gasteiger charge is -2.12. The maximum Gasteiger partial charge on any atom is 0.191 e. The van der Waals surface area contributed by atoms with Crippen LogP contribution in [-0.2, 0) is 20.0 Å². The first-order valence-electron chi connectivity index (χ1n) is 7.59. The molecule has 1 heterocycles. The van der Waals surface area contributed by atoms with Crippen molar-refractivity contribution in [3.8, 4) is 0 Å². The largest absolute Gasteiger partial charge is 0.356 e. The summed E-state index contributed by atoms with van der Waals surface area (Å²) in [6, 6.07) is 10.3. The van der Waals surface area contributed by atoms with E-state index in [9.17, 15) is 0 Å². The van der Waals surface area contributed by atoms with Gasteiger partial charge in [-0.1, -0.05) is 30.3 Å². The van der Waals surface area contributed by atoms with Crippen LogP contribution in [0, 0.1) is 13.8 Å². The molecule has 5 heteroatoms. The summed E-state index contributed by atoms with van der Waals surface area (Å²) in [5.41, 5.74) is 4.89. The molecule has 0 saturated heterocycles. The fourth-order valence-corrected chi connectivity index (χ4v) is 2.49. The fraction of sp³-hybridized carbons (Fsp3) is 0.412. The molecule has 1 aromatic carbocycles. The zero-order chi connectivity index (χ0) is 15.9. The molecule has 0 saturated carbocycles. The Hall–Kier alpha value is -2.30. The van der Waals surface area contributed by atoms with Crippen LogP contribution < -0.4 is 10.6 Å². The van der Waals surface area contributed by atoms with Gasteiger partial charge < -0.3 is 10.6 Å². The van der Waals surface area contributed by atoms with Gasteiger partial charge in [-0.15, -0.1) is 0 Å². The molecule has 2 rings (SSSR count). The van der Waals surface area contributed by atoms with Crippen LogP contribution in [0.5, 0.6) is 0 Å². The van der Waals surface area contributed by atoms with Gasteiger partial charge >= 0.3 is 0 Å². The highest BCUT2D eigenvalue weighted by molar-refractivity contribution is 5.79. The van der Waals surface area contributed by atoms with Gasteiger partial charge in [-0.05, 0) is 31.4 Å². The number of hydrogen-bond acceptors (Lipinski definition) is 2. The minimum atomic E-state index is 0.769. The Morgan fingerprint density at radius 3 is 2.50 bits per heavy atom. The molecule has 1 aromatic heterocycles. The molecule has 0 unspecified atom stereocenters. The molecule has 2 N–H and O–H groups in total. The average Bonchev–Trinajstić information content (AvgIpc) is 2.77. The predicted octanol–water partition coefficient (Wildman–Crippen LogP) is 1.94. The minimum absolute atomic E-state index is 0.769. The first-order chi connectivity index (χ1) is 10.6. The van der Waals surface area contributed by atoms with Gasteiger partial charge in [0, 0.05) is 32.9 Å². The van der Waals surface area contributed by atoms with Crippen molar-refractivity contribution in [1.82, 2.24) is 20.4 Å².